The van der Waals surface area contributed by atoms with Crippen LogP contribution in [0.2, 0.25) is 0 Å². The van der Waals surface area contributed by atoms with Gasteiger partial charge in [-0.15, -0.1) is 0 Å². The van der Waals surface area contributed by atoms with Gasteiger partial charge in [0.1, 0.15) is 5.76 Å². The summed E-state index contributed by atoms with van der Waals surface area (Å²) in [5.74, 6) is 0.252. The van der Waals surface area contributed by atoms with Crippen molar-refractivity contribution in [3.63, 3.8) is 0 Å². The molecule has 2 N–H and O–H groups in total. The Bertz CT molecular complexity index is 99.9. The van der Waals surface area contributed by atoms with Crippen LogP contribution < -0.4 is 0 Å². The van der Waals surface area contributed by atoms with E-state index in [-0.39, 0.29) is 5.76 Å². The summed E-state index contributed by atoms with van der Waals surface area (Å²) in [5.41, 5.74) is 0. The maximum atomic E-state index is 8.56. The average molecular weight is 101 g/mol. The molecule has 3 heteroatoms. The van der Waals surface area contributed by atoms with Gasteiger partial charge >= 0.3 is 0 Å². The molecule has 0 aliphatic carbocycles. The maximum Gasteiger partial charge on any atom is 0.112 e. The molecule has 0 saturated heterocycles. The van der Waals surface area contributed by atoms with Gasteiger partial charge in [-0.05, 0) is 0 Å². The van der Waals surface area contributed by atoms with Crippen LogP contribution in [0.25, 0.3) is 0 Å². The number of hydrogen-bond acceptors (Lipinski definition) is 3. The van der Waals surface area contributed by atoms with Gasteiger partial charge in [-0.1, -0.05) is 0 Å². The van der Waals surface area contributed by atoms with Crippen LogP contribution in [0.3, 0.4) is 0 Å². The Kier molecular flexibility index (Phi) is 0.906. The number of aliphatic hydroxyl groups is 1. The summed E-state index contributed by atoms with van der Waals surface area (Å²) in [7, 11) is 0. The molecule has 0 aromatic heterocycles. The van der Waals surface area contributed by atoms with Crippen LogP contribution in [0.1, 0.15) is 6.42 Å². The predicted octanol–water partition coefficient (Wildman–Crippen LogP) is 0.481. The van der Waals surface area contributed by atoms with Gasteiger partial charge in [0, 0.05) is 6.42 Å². The Labute approximate surface area is 41.4 Å². The standard InChI is InChI=1S/C4H7NO2/c6-4-1-2-5(7)3-4/h3,6-7H,1-2H2. The molecule has 0 radical (unpaired) electrons. The van der Waals surface area contributed by atoms with Crippen molar-refractivity contribution >= 4 is 0 Å². The van der Waals surface area contributed by atoms with Gasteiger partial charge in [0.2, 0.25) is 0 Å². The van der Waals surface area contributed by atoms with E-state index in [1.807, 2.05) is 0 Å². The molecule has 0 aromatic rings. The average Bonchev–Trinajstić information content (AvgIpc) is 1.87. The predicted molar refractivity (Wildman–Crippen MR) is 23.8 cm³/mol. The molecule has 0 unspecified atom stereocenters. The molecule has 1 heterocycles. The van der Waals surface area contributed by atoms with Gasteiger partial charge in [0.05, 0.1) is 12.7 Å². The van der Waals surface area contributed by atoms with Crippen molar-refractivity contribution in [1.82, 2.24) is 5.06 Å². The largest absolute Gasteiger partial charge is 0.511 e. The van der Waals surface area contributed by atoms with Crippen molar-refractivity contribution in [3.8, 4) is 0 Å². The number of hydroxylamine groups is 2. The Hall–Kier alpha value is -0.700. The highest BCUT2D eigenvalue weighted by Crippen LogP contribution is 2.06. The summed E-state index contributed by atoms with van der Waals surface area (Å²) in [4.78, 5) is 0. The SMILES string of the molecule is OC1=CN(O)CC1. The van der Waals surface area contributed by atoms with Crippen LogP contribution in [-0.4, -0.2) is 21.9 Å². The molecular formula is C4H7NO2. The first-order chi connectivity index (χ1) is 3.29. The molecule has 0 bridgehead atoms. The molecule has 0 aromatic carbocycles. The smallest absolute Gasteiger partial charge is 0.112 e. The van der Waals surface area contributed by atoms with Crippen LogP contribution in [0.5, 0.6) is 0 Å². The molecular weight excluding hydrogens is 94.0 g/mol. The van der Waals surface area contributed by atoms with E-state index in [4.69, 9.17) is 10.3 Å². The first-order valence-electron chi connectivity index (χ1n) is 2.14. The lowest BCUT2D eigenvalue weighted by atomic mass is 10.4. The van der Waals surface area contributed by atoms with Crippen molar-refractivity contribution < 1.29 is 10.3 Å². The third kappa shape index (κ3) is 0.838. The quantitative estimate of drug-likeness (QED) is 0.466. The van der Waals surface area contributed by atoms with Crippen LogP contribution in [0.15, 0.2) is 12.0 Å². The molecule has 0 saturated carbocycles. The molecule has 1 rings (SSSR count). The highest BCUT2D eigenvalue weighted by atomic mass is 16.5. The van der Waals surface area contributed by atoms with E-state index in [0.717, 1.165) is 5.06 Å². The topological polar surface area (TPSA) is 43.7 Å². The van der Waals surface area contributed by atoms with Crippen molar-refractivity contribution in [2.75, 3.05) is 6.54 Å². The fraction of sp³-hybridized carbons (Fsp3) is 0.500. The highest BCUT2D eigenvalue weighted by molar-refractivity contribution is 4.94. The lowest BCUT2D eigenvalue weighted by Gasteiger charge is -1.99. The second-order valence-electron chi connectivity index (χ2n) is 1.53. The van der Waals surface area contributed by atoms with E-state index in [9.17, 15) is 0 Å². The first-order valence-corrected chi connectivity index (χ1v) is 2.14. The van der Waals surface area contributed by atoms with Gasteiger partial charge in [-0.3, -0.25) is 10.3 Å². The van der Waals surface area contributed by atoms with Crippen molar-refractivity contribution in [1.29, 1.82) is 0 Å². The molecule has 0 fully saturated rings. The number of hydrogen-bond donors (Lipinski definition) is 2. The van der Waals surface area contributed by atoms with E-state index in [1.165, 1.54) is 6.20 Å². The van der Waals surface area contributed by atoms with Gasteiger partial charge in [0.25, 0.3) is 0 Å². The third-order valence-electron chi connectivity index (χ3n) is 0.895. The fourth-order valence-corrected chi connectivity index (χ4v) is 0.530. The summed E-state index contributed by atoms with van der Waals surface area (Å²) in [5, 5.41) is 18.0. The zero-order valence-electron chi connectivity index (χ0n) is 3.83. The van der Waals surface area contributed by atoms with Gasteiger partial charge < -0.3 is 5.11 Å². The molecule has 40 valence electrons. The minimum Gasteiger partial charge on any atom is -0.511 e. The third-order valence-corrected chi connectivity index (χ3v) is 0.895. The van der Waals surface area contributed by atoms with Gasteiger partial charge in [-0.2, -0.15) is 0 Å². The first kappa shape index (κ1) is 4.46. The van der Waals surface area contributed by atoms with Crippen LogP contribution in [0.4, 0.5) is 0 Å². The van der Waals surface area contributed by atoms with Crippen molar-refractivity contribution in [2.24, 2.45) is 0 Å². The Morgan fingerprint density at radius 1 is 1.71 bits per heavy atom. The minimum absolute atomic E-state index is 0.252. The van der Waals surface area contributed by atoms with Crippen molar-refractivity contribution in [3.05, 3.63) is 12.0 Å². The molecule has 3 nitrogen and oxygen atoms in total. The van der Waals surface area contributed by atoms with Crippen LogP contribution in [0, 0.1) is 0 Å². The molecule has 7 heavy (non-hydrogen) atoms. The zero-order valence-corrected chi connectivity index (χ0v) is 3.83. The number of rotatable bonds is 0. The molecule has 0 atom stereocenters. The van der Waals surface area contributed by atoms with E-state index in [1.54, 1.807) is 0 Å². The monoisotopic (exact) mass is 101 g/mol. The molecule has 1 aliphatic rings. The summed E-state index contributed by atoms with van der Waals surface area (Å²) in [6, 6.07) is 0. The zero-order chi connectivity index (χ0) is 5.28. The summed E-state index contributed by atoms with van der Waals surface area (Å²) in [6.07, 6.45) is 1.87. The Morgan fingerprint density at radius 3 is 2.57 bits per heavy atom. The van der Waals surface area contributed by atoms with E-state index in [2.05, 4.69) is 0 Å². The second-order valence-corrected chi connectivity index (χ2v) is 1.53. The molecule has 0 spiro atoms. The maximum absolute atomic E-state index is 8.56. The molecule has 0 amide bonds. The summed E-state index contributed by atoms with van der Waals surface area (Å²) in [6.45, 7) is 0.520. The van der Waals surface area contributed by atoms with Crippen LogP contribution >= 0.6 is 0 Å². The number of nitrogens with zero attached hydrogens (tertiary/aromatic N) is 1. The lowest BCUT2D eigenvalue weighted by Crippen LogP contribution is -2.05. The van der Waals surface area contributed by atoms with Crippen LogP contribution in [-0.2, 0) is 0 Å². The van der Waals surface area contributed by atoms with Crippen molar-refractivity contribution in [2.45, 2.75) is 6.42 Å². The summed E-state index contributed by atoms with van der Waals surface area (Å²) < 4.78 is 0. The molecule has 1 aliphatic heterocycles. The Morgan fingerprint density at radius 2 is 2.43 bits per heavy atom. The summed E-state index contributed by atoms with van der Waals surface area (Å²) >= 11 is 0. The number of aliphatic hydroxyl groups excluding tert-OH is 1. The van der Waals surface area contributed by atoms with E-state index < -0.39 is 0 Å². The fourth-order valence-electron chi connectivity index (χ4n) is 0.530. The van der Waals surface area contributed by atoms with E-state index in [0.29, 0.717) is 13.0 Å². The second kappa shape index (κ2) is 1.42. The normalized spacial score (nSPS) is 20.1. The van der Waals surface area contributed by atoms with Gasteiger partial charge in [0.15, 0.2) is 0 Å². The van der Waals surface area contributed by atoms with Gasteiger partial charge in [-0.25, -0.2) is 0 Å². The van der Waals surface area contributed by atoms with E-state index >= 15 is 0 Å². The Balaban J connectivity index is 2.50. The highest BCUT2D eigenvalue weighted by Gasteiger charge is 2.06. The minimum atomic E-state index is 0.252. The lowest BCUT2D eigenvalue weighted by molar-refractivity contribution is -0.0308.